The van der Waals surface area contributed by atoms with Gasteiger partial charge in [0.2, 0.25) is 5.91 Å². The predicted octanol–water partition coefficient (Wildman–Crippen LogP) is 1.79. The van der Waals surface area contributed by atoms with Crippen molar-refractivity contribution in [3.05, 3.63) is 52.0 Å². The zero-order valence-electron chi connectivity index (χ0n) is 13.0. The molecule has 0 bridgehead atoms. The minimum atomic E-state index is -0.130. The minimum absolute atomic E-state index is 0.113. The third kappa shape index (κ3) is 4.37. The maximum Gasteiger partial charge on any atom is 0.228 e. The second kappa shape index (κ2) is 7.68. The number of morpholine rings is 1. The average molecular weight is 331 g/mol. The Balaban J connectivity index is 1.57. The first kappa shape index (κ1) is 16.1. The number of hydrogen-bond acceptors (Lipinski definition) is 5. The summed E-state index contributed by atoms with van der Waals surface area (Å²) >= 11 is 1.53. The normalized spacial score (nSPS) is 16.3. The van der Waals surface area contributed by atoms with Gasteiger partial charge >= 0.3 is 0 Å². The molecule has 1 saturated heterocycles. The van der Waals surface area contributed by atoms with Crippen LogP contribution in [0.25, 0.3) is 0 Å². The molecule has 6 heteroatoms. The van der Waals surface area contributed by atoms with Crippen LogP contribution >= 0.6 is 11.3 Å². The molecule has 5 nitrogen and oxygen atoms in total. The molecular weight excluding hydrogens is 310 g/mol. The first-order valence-electron chi connectivity index (χ1n) is 7.81. The zero-order chi connectivity index (χ0) is 16.1. The number of ether oxygens (including phenoxy) is 1. The van der Waals surface area contributed by atoms with Crippen molar-refractivity contribution in [1.29, 1.82) is 0 Å². The van der Waals surface area contributed by atoms with Gasteiger partial charge in [-0.2, -0.15) is 0 Å². The highest BCUT2D eigenvalue weighted by atomic mass is 32.1. The molecule has 0 aliphatic carbocycles. The number of rotatable bonds is 5. The second-order valence-corrected chi connectivity index (χ2v) is 6.53. The van der Waals surface area contributed by atoms with Gasteiger partial charge in [-0.15, -0.1) is 11.3 Å². The highest BCUT2D eigenvalue weighted by Crippen LogP contribution is 2.20. The van der Waals surface area contributed by atoms with Crippen LogP contribution in [0.5, 0.6) is 0 Å². The molecule has 1 unspecified atom stereocenters. The van der Waals surface area contributed by atoms with Gasteiger partial charge in [-0.1, -0.05) is 30.3 Å². The van der Waals surface area contributed by atoms with Crippen LogP contribution in [0.3, 0.4) is 0 Å². The largest absolute Gasteiger partial charge is 0.378 e. The lowest BCUT2D eigenvalue weighted by atomic mass is 10.1. The Morgan fingerprint density at radius 2 is 2.04 bits per heavy atom. The number of nitrogens with zero attached hydrogens (tertiary/aromatic N) is 2. The fourth-order valence-corrected chi connectivity index (χ4v) is 3.43. The molecule has 1 aromatic heterocycles. The van der Waals surface area contributed by atoms with E-state index in [2.05, 4.69) is 17.1 Å². The summed E-state index contributed by atoms with van der Waals surface area (Å²) in [5.74, 6) is 0.113. The number of thiazole rings is 1. The van der Waals surface area contributed by atoms with Crippen molar-refractivity contribution in [1.82, 2.24) is 9.88 Å². The number of aromatic nitrogens is 1. The lowest BCUT2D eigenvalue weighted by Gasteiger charge is -2.26. The Morgan fingerprint density at radius 1 is 1.30 bits per heavy atom. The lowest BCUT2D eigenvalue weighted by molar-refractivity contribution is -0.134. The van der Waals surface area contributed by atoms with Crippen LogP contribution in [0.2, 0.25) is 0 Å². The van der Waals surface area contributed by atoms with Gasteiger partial charge in [-0.3, -0.25) is 4.79 Å². The SMILES string of the molecule is NC(Cc1ccccc1)c1nc(CC(=O)N2CCOCC2)cs1. The highest BCUT2D eigenvalue weighted by molar-refractivity contribution is 7.09. The molecule has 1 aromatic carbocycles. The number of carbonyl (C=O) groups is 1. The van der Waals surface area contributed by atoms with E-state index in [1.54, 1.807) is 0 Å². The smallest absolute Gasteiger partial charge is 0.228 e. The topological polar surface area (TPSA) is 68.5 Å². The molecule has 1 aliphatic rings. The van der Waals surface area contributed by atoms with E-state index in [4.69, 9.17) is 10.5 Å². The summed E-state index contributed by atoms with van der Waals surface area (Å²) < 4.78 is 5.27. The summed E-state index contributed by atoms with van der Waals surface area (Å²) in [6.07, 6.45) is 1.10. The maximum atomic E-state index is 12.2. The molecule has 3 rings (SSSR count). The molecular formula is C17H21N3O2S. The Bertz CT molecular complexity index is 638. The Labute approximate surface area is 140 Å². The molecule has 0 spiro atoms. The van der Waals surface area contributed by atoms with Crippen LogP contribution in [0, 0.1) is 0 Å². The third-order valence-corrected chi connectivity index (χ3v) is 4.91. The van der Waals surface area contributed by atoms with E-state index in [1.165, 1.54) is 16.9 Å². The molecule has 23 heavy (non-hydrogen) atoms. The van der Waals surface area contributed by atoms with Crippen molar-refractivity contribution >= 4 is 17.2 Å². The van der Waals surface area contributed by atoms with Crippen molar-refractivity contribution in [3.63, 3.8) is 0 Å². The van der Waals surface area contributed by atoms with Gasteiger partial charge in [0, 0.05) is 18.5 Å². The summed E-state index contributed by atoms with van der Waals surface area (Å²) in [5, 5.41) is 2.83. The van der Waals surface area contributed by atoms with Gasteiger partial charge in [-0.25, -0.2) is 4.98 Å². The summed E-state index contributed by atoms with van der Waals surface area (Å²) in [6, 6.07) is 10.0. The van der Waals surface area contributed by atoms with Gasteiger partial charge in [0.1, 0.15) is 5.01 Å². The first-order chi connectivity index (χ1) is 11.2. The molecule has 1 aliphatic heterocycles. The highest BCUT2D eigenvalue weighted by Gasteiger charge is 2.19. The van der Waals surface area contributed by atoms with Crippen LogP contribution < -0.4 is 5.73 Å². The van der Waals surface area contributed by atoms with Crippen LogP contribution in [-0.4, -0.2) is 42.1 Å². The predicted molar refractivity (Wildman–Crippen MR) is 90.3 cm³/mol. The lowest BCUT2D eigenvalue weighted by Crippen LogP contribution is -2.41. The fraction of sp³-hybridized carbons (Fsp3) is 0.412. The van der Waals surface area contributed by atoms with Gasteiger partial charge < -0.3 is 15.4 Å². The molecule has 2 heterocycles. The van der Waals surface area contributed by atoms with Gasteiger partial charge in [-0.05, 0) is 12.0 Å². The van der Waals surface area contributed by atoms with Crippen molar-refractivity contribution in [2.45, 2.75) is 18.9 Å². The van der Waals surface area contributed by atoms with Crippen molar-refractivity contribution in [2.24, 2.45) is 5.73 Å². The van der Waals surface area contributed by atoms with Gasteiger partial charge in [0.05, 0.1) is 31.4 Å². The van der Waals surface area contributed by atoms with E-state index in [1.807, 2.05) is 28.5 Å². The minimum Gasteiger partial charge on any atom is -0.378 e. The molecule has 1 amide bonds. The fourth-order valence-electron chi connectivity index (χ4n) is 2.61. The maximum absolute atomic E-state index is 12.2. The summed E-state index contributed by atoms with van der Waals surface area (Å²) in [4.78, 5) is 18.6. The van der Waals surface area contributed by atoms with Crippen LogP contribution in [0.4, 0.5) is 0 Å². The Morgan fingerprint density at radius 3 is 2.78 bits per heavy atom. The Hall–Kier alpha value is -1.76. The standard InChI is InChI=1S/C17H21N3O2S/c18-15(10-13-4-2-1-3-5-13)17-19-14(12-23-17)11-16(21)20-6-8-22-9-7-20/h1-5,12,15H,6-11,18H2. The number of hydrogen-bond donors (Lipinski definition) is 1. The van der Waals surface area contributed by atoms with E-state index < -0.39 is 0 Å². The quantitative estimate of drug-likeness (QED) is 0.907. The van der Waals surface area contributed by atoms with E-state index >= 15 is 0 Å². The van der Waals surface area contributed by atoms with E-state index in [9.17, 15) is 4.79 Å². The van der Waals surface area contributed by atoms with Gasteiger partial charge in [0.15, 0.2) is 0 Å². The van der Waals surface area contributed by atoms with E-state index in [0.717, 1.165) is 17.1 Å². The molecule has 2 aromatic rings. The van der Waals surface area contributed by atoms with Gasteiger partial charge in [0.25, 0.3) is 0 Å². The number of amides is 1. The average Bonchev–Trinajstić information content (AvgIpc) is 3.05. The Kier molecular flexibility index (Phi) is 5.38. The summed E-state index contributed by atoms with van der Waals surface area (Å²) in [6.45, 7) is 2.58. The molecule has 122 valence electrons. The van der Waals surface area contributed by atoms with Crippen molar-refractivity contribution < 1.29 is 9.53 Å². The third-order valence-electron chi connectivity index (χ3n) is 3.88. The molecule has 1 fully saturated rings. The molecule has 1 atom stereocenters. The number of carbonyl (C=O) groups excluding carboxylic acids is 1. The van der Waals surface area contributed by atoms with Crippen LogP contribution in [-0.2, 0) is 22.4 Å². The monoisotopic (exact) mass is 331 g/mol. The second-order valence-electron chi connectivity index (χ2n) is 5.64. The van der Waals surface area contributed by atoms with Crippen molar-refractivity contribution in [3.8, 4) is 0 Å². The van der Waals surface area contributed by atoms with Crippen LogP contribution in [0.1, 0.15) is 22.3 Å². The zero-order valence-corrected chi connectivity index (χ0v) is 13.8. The van der Waals surface area contributed by atoms with Crippen LogP contribution in [0.15, 0.2) is 35.7 Å². The molecule has 2 N–H and O–H groups in total. The first-order valence-corrected chi connectivity index (χ1v) is 8.69. The van der Waals surface area contributed by atoms with E-state index in [0.29, 0.717) is 32.7 Å². The summed E-state index contributed by atoms with van der Waals surface area (Å²) in [7, 11) is 0. The summed E-state index contributed by atoms with van der Waals surface area (Å²) in [5.41, 5.74) is 8.26. The van der Waals surface area contributed by atoms with E-state index in [-0.39, 0.29) is 11.9 Å². The number of benzene rings is 1. The number of nitrogens with two attached hydrogens (primary N) is 1. The molecule has 0 radical (unpaired) electrons. The van der Waals surface area contributed by atoms with Crippen molar-refractivity contribution in [2.75, 3.05) is 26.3 Å². The molecule has 0 saturated carbocycles.